The normalized spacial score (nSPS) is 16.4. The van der Waals surface area contributed by atoms with Crippen LogP contribution < -0.4 is 15.2 Å². The third-order valence-electron chi connectivity index (χ3n) is 2.66. The highest BCUT2D eigenvalue weighted by molar-refractivity contribution is 7.90. The number of benzene rings is 1. The van der Waals surface area contributed by atoms with Crippen molar-refractivity contribution in [3.8, 4) is 11.5 Å². The lowest BCUT2D eigenvalue weighted by molar-refractivity contribution is 0.166. The second kappa shape index (κ2) is 4.78. The zero-order chi connectivity index (χ0) is 13.3. The van der Waals surface area contributed by atoms with E-state index >= 15 is 0 Å². The maximum absolute atomic E-state index is 11.9. The van der Waals surface area contributed by atoms with Crippen LogP contribution in [0.1, 0.15) is 12.5 Å². The van der Waals surface area contributed by atoms with Gasteiger partial charge in [0.1, 0.15) is 18.1 Å². The van der Waals surface area contributed by atoms with Crippen molar-refractivity contribution in [3.63, 3.8) is 0 Å². The minimum absolute atomic E-state index is 0.118. The molecule has 2 rings (SSSR count). The monoisotopic (exact) mass is 271 g/mol. The van der Waals surface area contributed by atoms with Crippen molar-refractivity contribution in [2.24, 2.45) is 5.73 Å². The van der Waals surface area contributed by atoms with Gasteiger partial charge in [0.2, 0.25) is 0 Å². The predicted molar refractivity (Wildman–Crippen MR) is 67.9 cm³/mol. The molecule has 1 atom stereocenters. The Balaban J connectivity index is 2.61. The summed E-state index contributed by atoms with van der Waals surface area (Å²) in [6.45, 7) is 2.63. The molecule has 6 heteroatoms. The SMILES string of the molecule is CC(N)Cc1ccc2c(c1S(C)(=O)=O)OCCO2. The second-order valence-corrected chi connectivity index (χ2v) is 6.48. The van der Waals surface area contributed by atoms with Gasteiger partial charge in [-0.15, -0.1) is 0 Å². The van der Waals surface area contributed by atoms with Gasteiger partial charge in [-0.3, -0.25) is 0 Å². The van der Waals surface area contributed by atoms with E-state index in [9.17, 15) is 8.42 Å². The molecule has 0 aromatic heterocycles. The molecule has 1 heterocycles. The third-order valence-corrected chi connectivity index (χ3v) is 3.85. The molecule has 0 bridgehead atoms. The van der Waals surface area contributed by atoms with Gasteiger partial charge in [-0.1, -0.05) is 6.07 Å². The largest absolute Gasteiger partial charge is 0.486 e. The quantitative estimate of drug-likeness (QED) is 0.877. The Morgan fingerprint density at radius 3 is 2.61 bits per heavy atom. The zero-order valence-corrected chi connectivity index (χ0v) is 11.3. The Hall–Kier alpha value is -1.27. The average molecular weight is 271 g/mol. The van der Waals surface area contributed by atoms with Gasteiger partial charge in [-0.05, 0) is 25.0 Å². The van der Waals surface area contributed by atoms with Crippen LogP contribution in [0.3, 0.4) is 0 Å². The summed E-state index contributed by atoms with van der Waals surface area (Å²) in [7, 11) is -3.38. The van der Waals surface area contributed by atoms with E-state index in [1.54, 1.807) is 12.1 Å². The molecule has 1 aliphatic rings. The summed E-state index contributed by atoms with van der Waals surface area (Å²) in [5, 5.41) is 0. The average Bonchev–Trinajstić information content (AvgIpc) is 2.26. The molecular weight excluding hydrogens is 254 g/mol. The van der Waals surface area contributed by atoms with Gasteiger partial charge in [0.25, 0.3) is 0 Å². The Kier molecular flexibility index (Phi) is 3.49. The fourth-order valence-corrected chi connectivity index (χ4v) is 3.17. The smallest absolute Gasteiger partial charge is 0.180 e. The van der Waals surface area contributed by atoms with E-state index in [-0.39, 0.29) is 10.9 Å². The van der Waals surface area contributed by atoms with Crippen LogP contribution in [0.25, 0.3) is 0 Å². The highest BCUT2D eigenvalue weighted by atomic mass is 32.2. The predicted octanol–water partition coefficient (Wildman–Crippen LogP) is 0.751. The van der Waals surface area contributed by atoms with Crippen molar-refractivity contribution in [1.29, 1.82) is 0 Å². The van der Waals surface area contributed by atoms with Gasteiger partial charge < -0.3 is 15.2 Å². The summed E-state index contributed by atoms with van der Waals surface area (Å²) >= 11 is 0. The first kappa shape index (κ1) is 13.2. The van der Waals surface area contributed by atoms with E-state index < -0.39 is 9.84 Å². The van der Waals surface area contributed by atoms with Crippen LogP contribution in [-0.2, 0) is 16.3 Å². The van der Waals surface area contributed by atoms with E-state index in [0.29, 0.717) is 36.7 Å². The highest BCUT2D eigenvalue weighted by Crippen LogP contribution is 2.39. The van der Waals surface area contributed by atoms with Crippen LogP contribution in [0.2, 0.25) is 0 Å². The number of sulfone groups is 1. The molecular formula is C12H17NO4S. The van der Waals surface area contributed by atoms with E-state index in [4.69, 9.17) is 15.2 Å². The number of hydrogen-bond donors (Lipinski definition) is 1. The van der Waals surface area contributed by atoms with E-state index in [1.807, 2.05) is 6.92 Å². The Morgan fingerprint density at radius 1 is 1.33 bits per heavy atom. The lowest BCUT2D eigenvalue weighted by Crippen LogP contribution is -2.22. The molecule has 18 heavy (non-hydrogen) atoms. The lowest BCUT2D eigenvalue weighted by atomic mass is 10.1. The van der Waals surface area contributed by atoms with Gasteiger partial charge in [-0.25, -0.2) is 8.42 Å². The minimum atomic E-state index is -3.38. The molecule has 0 radical (unpaired) electrons. The zero-order valence-electron chi connectivity index (χ0n) is 10.5. The van der Waals surface area contributed by atoms with Gasteiger partial charge in [0, 0.05) is 12.3 Å². The molecule has 1 aromatic rings. The third kappa shape index (κ3) is 2.59. The first-order valence-electron chi connectivity index (χ1n) is 5.76. The van der Waals surface area contributed by atoms with Crippen LogP contribution in [0.5, 0.6) is 11.5 Å². The van der Waals surface area contributed by atoms with Crippen molar-refractivity contribution in [2.75, 3.05) is 19.5 Å². The number of rotatable bonds is 3. The molecule has 1 aromatic carbocycles. The van der Waals surface area contributed by atoms with Gasteiger partial charge >= 0.3 is 0 Å². The highest BCUT2D eigenvalue weighted by Gasteiger charge is 2.26. The number of nitrogens with two attached hydrogens (primary N) is 1. The van der Waals surface area contributed by atoms with E-state index in [2.05, 4.69) is 0 Å². The Bertz CT molecular complexity index is 551. The summed E-state index contributed by atoms with van der Waals surface area (Å²) in [5.41, 5.74) is 6.42. The maximum atomic E-state index is 11.9. The van der Waals surface area contributed by atoms with Crippen molar-refractivity contribution < 1.29 is 17.9 Å². The van der Waals surface area contributed by atoms with Crippen molar-refractivity contribution in [1.82, 2.24) is 0 Å². The molecule has 1 aliphatic heterocycles. The summed E-state index contributed by atoms with van der Waals surface area (Å²) in [5.74, 6) is 0.803. The molecule has 1 unspecified atom stereocenters. The molecule has 0 amide bonds. The molecule has 0 fully saturated rings. The van der Waals surface area contributed by atoms with Crippen molar-refractivity contribution in [3.05, 3.63) is 17.7 Å². The Morgan fingerprint density at radius 2 is 2.00 bits per heavy atom. The Labute approximate surface area is 107 Å². The standard InChI is InChI=1S/C12H17NO4S/c1-8(13)7-9-3-4-10-11(17-6-5-16-10)12(9)18(2,14)15/h3-4,8H,5-7,13H2,1-2H3. The van der Waals surface area contributed by atoms with Gasteiger partial charge in [0.05, 0.1) is 0 Å². The maximum Gasteiger partial charge on any atom is 0.180 e. The number of hydrogen-bond acceptors (Lipinski definition) is 5. The topological polar surface area (TPSA) is 78.6 Å². The first-order valence-corrected chi connectivity index (χ1v) is 7.66. The number of ether oxygens (including phenoxy) is 2. The van der Waals surface area contributed by atoms with Crippen LogP contribution in [-0.4, -0.2) is 33.9 Å². The van der Waals surface area contributed by atoms with Crippen molar-refractivity contribution >= 4 is 9.84 Å². The summed E-state index contributed by atoms with van der Waals surface area (Å²) < 4.78 is 34.7. The summed E-state index contributed by atoms with van der Waals surface area (Å²) in [4.78, 5) is 0.206. The molecule has 0 spiro atoms. The van der Waals surface area contributed by atoms with Crippen molar-refractivity contribution in [2.45, 2.75) is 24.3 Å². The summed E-state index contributed by atoms with van der Waals surface area (Å²) in [6, 6.07) is 3.36. The van der Waals surface area contributed by atoms with Crippen LogP contribution in [0.4, 0.5) is 0 Å². The molecule has 0 aliphatic carbocycles. The van der Waals surface area contributed by atoms with Gasteiger partial charge in [0.15, 0.2) is 21.3 Å². The fourth-order valence-electron chi connectivity index (χ4n) is 2.05. The fraction of sp³-hybridized carbons (Fsp3) is 0.500. The lowest BCUT2D eigenvalue weighted by Gasteiger charge is -2.22. The molecule has 5 nitrogen and oxygen atoms in total. The summed E-state index contributed by atoms with van der Waals surface area (Å²) in [6.07, 6.45) is 1.66. The molecule has 2 N–H and O–H groups in total. The first-order chi connectivity index (χ1) is 8.39. The van der Waals surface area contributed by atoms with E-state index in [1.165, 1.54) is 6.26 Å². The van der Waals surface area contributed by atoms with Crippen LogP contribution >= 0.6 is 0 Å². The van der Waals surface area contributed by atoms with E-state index in [0.717, 1.165) is 0 Å². The minimum Gasteiger partial charge on any atom is -0.486 e. The molecule has 100 valence electrons. The van der Waals surface area contributed by atoms with Crippen LogP contribution in [0, 0.1) is 0 Å². The molecule has 0 saturated carbocycles. The van der Waals surface area contributed by atoms with Crippen LogP contribution in [0.15, 0.2) is 17.0 Å². The second-order valence-electron chi connectivity index (χ2n) is 4.53. The van der Waals surface area contributed by atoms with Gasteiger partial charge in [-0.2, -0.15) is 0 Å². The molecule has 0 saturated heterocycles. The number of fused-ring (bicyclic) bond motifs is 1.